The molecule has 0 aromatic carbocycles. The van der Waals surface area contributed by atoms with Crippen LogP contribution in [0.5, 0.6) is 0 Å². The summed E-state index contributed by atoms with van der Waals surface area (Å²) in [5, 5.41) is 0. The quantitative estimate of drug-likeness (QED) is 0.540. The minimum absolute atomic E-state index is 0.828. The summed E-state index contributed by atoms with van der Waals surface area (Å²) in [6.45, 7) is 9.67. The van der Waals surface area contributed by atoms with Crippen LogP contribution < -0.4 is 0 Å². The second kappa shape index (κ2) is 2.02. The molecule has 2 aliphatic carbocycles. The minimum Gasteiger partial charge on any atom is -0.0625 e. The smallest absolute Gasteiger partial charge is 0.0212 e. The number of hydrogen-bond donors (Lipinski definition) is 0. The molecule has 0 radical (unpaired) electrons. The van der Waals surface area contributed by atoms with E-state index in [2.05, 4.69) is 27.7 Å². The van der Waals surface area contributed by atoms with Crippen LogP contribution >= 0.6 is 0 Å². The van der Waals surface area contributed by atoms with Crippen molar-refractivity contribution in [3.63, 3.8) is 0 Å². The molecule has 0 heterocycles. The highest BCUT2D eigenvalue weighted by Gasteiger charge is 2.66. The molecule has 0 heteroatoms. The zero-order valence-corrected chi connectivity index (χ0v) is 8.22. The van der Waals surface area contributed by atoms with Crippen LogP contribution in [0.4, 0.5) is 0 Å². The van der Waals surface area contributed by atoms with Crippen molar-refractivity contribution in [2.24, 2.45) is 29.1 Å². The second-order valence-electron chi connectivity index (χ2n) is 5.20. The van der Waals surface area contributed by atoms with Crippen LogP contribution in [0.2, 0.25) is 0 Å². The molecule has 0 aromatic rings. The highest BCUT2D eigenvalue weighted by Crippen LogP contribution is 2.73. The molecule has 3 unspecified atom stereocenters. The normalized spacial score (nSPS) is 54.8. The van der Waals surface area contributed by atoms with Gasteiger partial charge in [0.2, 0.25) is 0 Å². The van der Waals surface area contributed by atoms with E-state index >= 15 is 0 Å². The number of rotatable bonds is 1. The summed E-state index contributed by atoms with van der Waals surface area (Å²) < 4.78 is 0. The first kappa shape index (κ1) is 7.64. The van der Waals surface area contributed by atoms with Gasteiger partial charge in [-0.05, 0) is 41.9 Å². The molecule has 0 aromatic heterocycles. The highest BCUT2D eigenvalue weighted by molar-refractivity contribution is 5.14. The predicted octanol–water partition coefficient (Wildman–Crippen LogP) is 3.32. The Morgan fingerprint density at radius 1 is 1.18 bits per heavy atom. The zero-order valence-electron chi connectivity index (χ0n) is 8.22. The molecule has 2 saturated carbocycles. The summed E-state index contributed by atoms with van der Waals surface area (Å²) in [5.74, 6) is 4.07. The molecule has 3 atom stereocenters. The molecule has 0 bridgehead atoms. The maximum atomic E-state index is 2.45. The molecule has 2 aliphatic rings. The third-order valence-electron chi connectivity index (χ3n) is 4.45. The molecule has 0 nitrogen and oxygen atoms in total. The van der Waals surface area contributed by atoms with Crippen molar-refractivity contribution >= 4 is 0 Å². The Balaban J connectivity index is 2.05. The van der Waals surface area contributed by atoms with E-state index in [1.165, 1.54) is 12.8 Å². The zero-order chi connectivity index (χ0) is 8.22. The van der Waals surface area contributed by atoms with E-state index in [1.807, 2.05) is 0 Å². The average molecular weight is 152 g/mol. The third-order valence-corrected chi connectivity index (χ3v) is 4.45. The lowest BCUT2D eigenvalue weighted by atomic mass is 9.61. The fourth-order valence-corrected chi connectivity index (χ4v) is 3.61. The van der Waals surface area contributed by atoms with Crippen molar-refractivity contribution in [2.45, 2.75) is 40.5 Å². The van der Waals surface area contributed by atoms with Gasteiger partial charge in [0, 0.05) is 0 Å². The van der Waals surface area contributed by atoms with Gasteiger partial charge in [-0.2, -0.15) is 0 Å². The van der Waals surface area contributed by atoms with Gasteiger partial charge in [-0.1, -0.05) is 27.7 Å². The van der Waals surface area contributed by atoms with Crippen LogP contribution in [0.25, 0.3) is 0 Å². The molecule has 64 valence electrons. The summed E-state index contributed by atoms with van der Waals surface area (Å²) in [6, 6.07) is 0. The summed E-state index contributed by atoms with van der Waals surface area (Å²) in [6.07, 6.45) is 3.02. The van der Waals surface area contributed by atoms with Gasteiger partial charge in [0.15, 0.2) is 0 Å². The molecule has 11 heavy (non-hydrogen) atoms. The van der Waals surface area contributed by atoms with Gasteiger partial charge in [0.05, 0.1) is 0 Å². The molecule has 0 saturated heterocycles. The van der Waals surface area contributed by atoms with Gasteiger partial charge in [-0.3, -0.25) is 0 Å². The molecule has 1 spiro atoms. The topological polar surface area (TPSA) is 0 Å². The summed E-state index contributed by atoms with van der Waals surface area (Å²) in [7, 11) is 0. The molecular weight excluding hydrogens is 132 g/mol. The van der Waals surface area contributed by atoms with E-state index in [0.717, 1.165) is 29.1 Å². The lowest BCUT2D eigenvalue weighted by Gasteiger charge is -2.44. The van der Waals surface area contributed by atoms with Crippen molar-refractivity contribution in [3.8, 4) is 0 Å². The van der Waals surface area contributed by atoms with E-state index in [1.54, 1.807) is 0 Å². The Morgan fingerprint density at radius 2 is 1.73 bits per heavy atom. The van der Waals surface area contributed by atoms with Crippen molar-refractivity contribution in [2.75, 3.05) is 0 Å². The standard InChI is InChI=1S/C11H20/c1-7(2)10-6-11(10)8(3)5-9(11)4/h7-10H,5-6H2,1-4H3. The molecule has 0 N–H and O–H groups in total. The van der Waals surface area contributed by atoms with Crippen LogP contribution in [0, 0.1) is 29.1 Å². The first-order valence-electron chi connectivity index (χ1n) is 5.09. The van der Waals surface area contributed by atoms with Crippen LogP contribution in [-0.2, 0) is 0 Å². The average Bonchev–Trinajstić information content (AvgIpc) is 2.63. The summed E-state index contributed by atoms with van der Waals surface area (Å²) in [4.78, 5) is 0. The van der Waals surface area contributed by atoms with E-state index in [4.69, 9.17) is 0 Å². The van der Waals surface area contributed by atoms with Crippen molar-refractivity contribution in [3.05, 3.63) is 0 Å². The predicted molar refractivity (Wildman–Crippen MR) is 48.3 cm³/mol. The first-order valence-corrected chi connectivity index (χ1v) is 5.09. The number of hydrogen-bond acceptors (Lipinski definition) is 0. The molecule has 0 amide bonds. The van der Waals surface area contributed by atoms with Gasteiger partial charge in [-0.25, -0.2) is 0 Å². The van der Waals surface area contributed by atoms with E-state index in [0.29, 0.717) is 0 Å². The van der Waals surface area contributed by atoms with Crippen LogP contribution in [0.3, 0.4) is 0 Å². The fourth-order valence-electron chi connectivity index (χ4n) is 3.61. The van der Waals surface area contributed by atoms with Gasteiger partial charge in [-0.15, -0.1) is 0 Å². The van der Waals surface area contributed by atoms with Crippen LogP contribution in [0.1, 0.15) is 40.5 Å². The molecule has 2 fully saturated rings. The first-order chi connectivity index (χ1) is 5.09. The Labute approximate surface area is 70.4 Å². The van der Waals surface area contributed by atoms with E-state index < -0.39 is 0 Å². The minimum atomic E-state index is 0.828. The third kappa shape index (κ3) is 0.761. The lowest BCUT2D eigenvalue weighted by molar-refractivity contribution is 0.0483. The Kier molecular flexibility index (Phi) is 1.41. The van der Waals surface area contributed by atoms with Gasteiger partial charge >= 0.3 is 0 Å². The van der Waals surface area contributed by atoms with E-state index in [-0.39, 0.29) is 0 Å². The van der Waals surface area contributed by atoms with Gasteiger partial charge in [0.1, 0.15) is 0 Å². The largest absolute Gasteiger partial charge is 0.0625 e. The molecular formula is C11H20. The maximum absolute atomic E-state index is 2.45. The van der Waals surface area contributed by atoms with Crippen LogP contribution in [-0.4, -0.2) is 0 Å². The van der Waals surface area contributed by atoms with Crippen LogP contribution in [0.15, 0.2) is 0 Å². The molecule has 0 aliphatic heterocycles. The maximum Gasteiger partial charge on any atom is -0.0212 e. The fraction of sp³-hybridized carbons (Fsp3) is 1.00. The van der Waals surface area contributed by atoms with Gasteiger partial charge in [0.25, 0.3) is 0 Å². The van der Waals surface area contributed by atoms with Gasteiger partial charge < -0.3 is 0 Å². The monoisotopic (exact) mass is 152 g/mol. The second-order valence-corrected chi connectivity index (χ2v) is 5.20. The Morgan fingerprint density at radius 3 is 1.91 bits per heavy atom. The highest BCUT2D eigenvalue weighted by atomic mass is 14.7. The molecule has 2 rings (SSSR count). The van der Waals surface area contributed by atoms with Crippen molar-refractivity contribution in [1.82, 2.24) is 0 Å². The van der Waals surface area contributed by atoms with E-state index in [9.17, 15) is 0 Å². The van der Waals surface area contributed by atoms with Crippen molar-refractivity contribution in [1.29, 1.82) is 0 Å². The lowest BCUT2D eigenvalue weighted by Crippen LogP contribution is -2.37. The summed E-state index contributed by atoms with van der Waals surface area (Å²) >= 11 is 0. The Bertz CT molecular complexity index is 161. The van der Waals surface area contributed by atoms with Crippen molar-refractivity contribution < 1.29 is 0 Å². The summed E-state index contributed by atoms with van der Waals surface area (Å²) in [5.41, 5.74) is 0.828. The SMILES string of the molecule is CC(C)C1CC12C(C)CC2C. The Hall–Kier alpha value is 0.